The predicted octanol–water partition coefficient (Wildman–Crippen LogP) is 13.4. The molecule has 0 atom stereocenters. The molecule has 1 heteroatoms. The summed E-state index contributed by atoms with van der Waals surface area (Å²) in [4.78, 5) is 4.55. The number of hydrogen-bond acceptors (Lipinski definition) is 1. The molecule has 0 radical (unpaired) electrons. The highest BCUT2D eigenvalue weighted by atomic mass is 14.7. The second-order valence-corrected chi connectivity index (χ2v) is 13.7. The molecule has 0 bridgehead atoms. The highest BCUT2D eigenvalue weighted by molar-refractivity contribution is 5.81. The van der Waals surface area contributed by atoms with E-state index in [0.29, 0.717) is 0 Å². The van der Waals surface area contributed by atoms with Crippen LogP contribution in [0.4, 0.5) is 0 Å². The summed E-state index contributed by atoms with van der Waals surface area (Å²) in [6.07, 6.45) is 1.84. The molecule has 8 aromatic rings. The predicted molar refractivity (Wildman–Crippen MR) is 215 cm³/mol. The molecule has 0 aliphatic heterocycles. The average molecular weight is 654 g/mol. The summed E-state index contributed by atoms with van der Waals surface area (Å²) in [5.74, 6) is 0. The summed E-state index contributed by atoms with van der Waals surface area (Å²) >= 11 is 0. The van der Waals surface area contributed by atoms with Gasteiger partial charge in [0.25, 0.3) is 0 Å². The minimum absolute atomic E-state index is 0.0609. The van der Waals surface area contributed by atoms with Gasteiger partial charge in [-0.3, -0.25) is 4.98 Å². The van der Waals surface area contributed by atoms with E-state index in [9.17, 15) is 0 Å². The van der Waals surface area contributed by atoms with Crippen LogP contribution in [0.5, 0.6) is 0 Å². The highest BCUT2D eigenvalue weighted by Gasteiger charge is 2.22. The molecule has 0 unspecified atom stereocenters. The largest absolute Gasteiger partial charge is 0.256 e. The standard InChI is InChI=1S/C50H39N/c1-50(2,47-23-4-3-5-24-47)48-28-26-36(27-29-48)37-13-8-14-38(31-37)39-15-9-16-40(32-39)41-17-10-18-42(33-41)43-19-11-20-44(34-43)45-21-12-22-46(35-45)49-25-6-7-30-51-49/h3-35H,1-2H3. The number of pyridine rings is 1. The zero-order valence-electron chi connectivity index (χ0n) is 29.0. The number of benzene rings is 7. The fourth-order valence-electron chi connectivity index (χ4n) is 7.01. The first-order valence-electron chi connectivity index (χ1n) is 17.6. The van der Waals surface area contributed by atoms with Crippen LogP contribution in [-0.4, -0.2) is 4.98 Å². The third-order valence-electron chi connectivity index (χ3n) is 10.0. The maximum Gasteiger partial charge on any atom is 0.0702 e. The minimum atomic E-state index is -0.0609. The molecular formula is C50H39N. The monoisotopic (exact) mass is 653 g/mol. The number of hydrogen-bond donors (Lipinski definition) is 0. The van der Waals surface area contributed by atoms with Crippen LogP contribution in [0.15, 0.2) is 200 Å². The van der Waals surface area contributed by atoms with Gasteiger partial charge in [0.1, 0.15) is 0 Å². The Kier molecular flexibility index (Phi) is 8.70. The van der Waals surface area contributed by atoms with E-state index in [1.165, 1.54) is 66.8 Å². The molecule has 0 N–H and O–H groups in total. The van der Waals surface area contributed by atoms with Gasteiger partial charge in [-0.15, -0.1) is 0 Å². The third-order valence-corrected chi connectivity index (χ3v) is 10.0. The zero-order valence-corrected chi connectivity index (χ0v) is 29.0. The Morgan fingerprint density at radius 3 is 1.06 bits per heavy atom. The molecule has 0 fully saturated rings. The lowest BCUT2D eigenvalue weighted by molar-refractivity contribution is 0.641. The van der Waals surface area contributed by atoms with E-state index in [0.717, 1.165) is 11.3 Å². The molecule has 1 heterocycles. The molecule has 0 spiro atoms. The van der Waals surface area contributed by atoms with Gasteiger partial charge in [0, 0.05) is 17.2 Å². The van der Waals surface area contributed by atoms with Crippen molar-refractivity contribution < 1.29 is 0 Å². The van der Waals surface area contributed by atoms with Crippen LogP contribution in [0.25, 0.3) is 66.9 Å². The Labute approximate surface area is 301 Å². The quantitative estimate of drug-likeness (QED) is 0.159. The Morgan fingerprint density at radius 1 is 0.294 bits per heavy atom. The van der Waals surface area contributed by atoms with Crippen molar-refractivity contribution in [3.8, 4) is 66.9 Å². The second kappa shape index (κ2) is 13.9. The van der Waals surface area contributed by atoms with Gasteiger partial charge in [0.2, 0.25) is 0 Å². The first-order chi connectivity index (χ1) is 25.0. The van der Waals surface area contributed by atoms with Crippen LogP contribution in [-0.2, 0) is 5.41 Å². The van der Waals surface area contributed by atoms with Crippen molar-refractivity contribution in [1.29, 1.82) is 0 Å². The highest BCUT2D eigenvalue weighted by Crippen LogP contribution is 2.35. The number of rotatable bonds is 8. The topological polar surface area (TPSA) is 12.9 Å². The lowest BCUT2D eigenvalue weighted by Gasteiger charge is -2.26. The van der Waals surface area contributed by atoms with Gasteiger partial charge in [-0.2, -0.15) is 0 Å². The lowest BCUT2D eigenvalue weighted by Crippen LogP contribution is -2.18. The Balaban J connectivity index is 1.05. The molecule has 0 amide bonds. The van der Waals surface area contributed by atoms with Crippen LogP contribution in [0, 0.1) is 0 Å². The molecular weight excluding hydrogens is 615 g/mol. The first kappa shape index (κ1) is 31.9. The van der Waals surface area contributed by atoms with E-state index < -0.39 is 0 Å². The second-order valence-electron chi connectivity index (χ2n) is 13.7. The molecule has 0 saturated heterocycles. The van der Waals surface area contributed by atoms with E-state index >= 15 is 0 Å². The summed E-state index contributed by atoms with van der Waals surface area (Å²) in [5.41, 5.74) is 16.7. The molecule has 0 aliphatic carbocycles. The van der Waals surface area contributed by atoms with Crippen LogP contribution in [0.3, 0.4) is 0 Å². The Bertz CT molecular complexity index is 2420. The van der Waals surface area contributed by atoms with Crippen LogP contribution in [0.2, 0.25) is 0 Å². The summed E-state index contributed by atoms with van der Waals surface area (Å²) in [6, 6.07) is 69.9. The first-order valence-corrected chi connectivity index (χ1v) is 17.6. The average Bonchev–Trinajstić information content (AvgIpc) is 3.22. The van der Waals surface area contributed by atoms with Crippen molar-refractivity contribution in [1.82, 2.24) is 4.98 Å². The summed E-state index contributed by atoms with van der Waals surface area (Å²) < 4.78 is 0. The van der Waals surface area contributed by atoms with Crippen molar-refractivity contribution in [2.24, 2.45) is 0 Å². The van der Waals surface area contributed by atoms with Crippen molar-refractivity contribution in [2.75, 3.05) is 0 Å². The van der Waals surface area contributed by atoms with Crippen LogP contribution >= 0.6 is 0 Å². The fraction of sp³-hybridized carbons (Fsp3) is 0.0600. The van der Waals surface area contributed by atoms with Crippen molar-refractivity contribution in [3.63, 3.8) is 0 Å². The molecule has 1 nitrogen and oxygen atoms in total. The molecule has 1 aromatic heterocycles. The molecule has 8 rings (SSSR count). The van der Waals surface area contributed by atoms with Crippen molar-refractivity contribution in [2.45, 2.75) is 19.3 Å². The van der Waals surface area contributed by atoms with Gasteiger partial charge < -0.3 is 0 Å². The SMILES string of the molecule is CC(C)(c1ccccc1)c1ccc(-c2cccc(-c3cccc(-c4cccc(-c5cccc(-c6cccc(-c7ccccn7)c6)c5)c4)c3)c2)cc1. The fourth-order valence-corrected chi connectivity index (χ4v) is 7.01. The van der Waals surface area contributed by atoms with Gasteiger partial charge in [-0.05, 0) is 109 Å². The van der Waals surface area contributed by atoms with E-state index in [1.54, 1.807) is 0 Å². The molecule has 0 aliphatic rings. The van der Waals surface area contributed by atoms with E-state index in [2.05, 4.69) is 201 Å². The van der Waals surface area contributed by atoms with E-state index in [4.69, 9.17) is 0 Å². The van der Waals surface area contributed by atoms with Crippen molar-refractivity contribution >= 4 is 0 Å². The third kappa shape index (κ3) is 6.80. The van der Waals surface area contributed by atoms with E-state index in [1.807, 2.05) is 18.3 Å². The van der Waals surface area contributed by atoms with Gasteiger partial charge >= 0.3 is 0 Å². The number of nitrogens with zero attached hydrogens (tertiary/aromatic N) is 1. The maximum atomic E-state index is 4.55. The number of aromatic nitrogens is 1. The van der Waals surface area contributed by atoms with Crippen LogP contribution in [0.1, 0.15) is 25.0 Å². The Morgan fingerprint density at radius 2 is 0.647 bits per heavy atom. The summed E-state index contributed by atoms with van der Waals surface area (Å²) in [7, 11) is 0. The van der Waals surface area contributed by atoms with Gasteiger partial charge in [0.15, 0.2) is 0 Å². The maximum absolute atomic E-state index is 4.55. The molecule has 7 aromatic carbocycles. The lowest BCUT2D eigenvalue weighted by atomic mass is 9.78. The molecule has 244 valence electrons. The van der Waals surface area contributed by atoms with Crippen molar-refractivity contribution in [3.05, 3.63) is 211 Å². The van der Waals surface area contributed by atoms with Gasteiger partial charge in [-0.25, -0.2) is 0 Å². The smallest absolute Gasteiger partial charge is 0.0702 e. The molecule has 51 heavy (non-hydrogen) atoms. The minimum Gasteiger partial charge on any atom is -0.256 e. The van der Waals surface area contributed by atoms with Gasteiger partial charge in [0.05, 0.1) is 5.69 Å². The summed E-state index contributed by atoms with van der Waals surface area (Å²) in [6.45, 7) is 4.59. The van der Waals surface area contributed by atoms with Crippen LogP contribution < -0.4 is 0 Å². The van der Waals surface area contributed by atoms with E-state index in [-0.39, 0.29) is 5.41 Å². The Hall–Kier alpha value is -6.31. The zero-order chi connectivity index (χ0) is 34.6. The summed E-state index contributed by atoms with van der Waals surface area (Å²) in [5, 5.41) is 0. The molecule has 0 saturated carbocycles. The van der Waals surface area contributed by atoms with Gasteiger partial charge in [-0.1, -0.05) is 166 Å². The normalized spacial score (nSPS) is 11.3.